The van der Waals surface area contributed by atoms with Gasteiger partial charge < -0.3 is 0 Å². The zero-order valence-electron chi connectivity index (χ0n) is 16.9. The molecule has 1 atom stereocenters. The summed E-state index contributed by atoms with van der Waals surface area (Å²) in [5, 5.41) is 0.566. The molecule has 2 saturated heterocycles. The van der Waals surface area contributed by atoms with Crippen molar-refractivity contribution in [1.29, 1.82) is 0 Å². The smallest absolute Gasteiger partial charge is 0.251 e. The van der Waals surface area contributed by atoms with Gasteiger partial charge in [0.15, 0.2) is 0 Å². The van der Waals surface area contributed by atoms with Crippen LogP contribution in [0.4, 0.5) is 5.69 Å². The third kappa shape index (κ3) is 4.08. The molecule has 2 aromatic carbocycles. The van der Waals surface area contributed by atoms with Crippen molar-refractivity contribution >= 4 is 29.1 Å². The van der Waals surface area contributed by atoms with Gasteiger partial charge in [0.1, 0.15) is 0 Å². The van der Waals surface area contributed by atoms with E-state index in [4.69, 9.17) is 11.6 Å². The predicted octanol–water partition coefficient (Wildman–Crippen LogP) is 3.41. The van der Waals surface area contributed by atoms with E-state index in [-0.39, 0.29) is 24.3 Å². The second-order valence-corrected chi connectivity index (χ2v) is 8.38. The van der Waals surface area contributed by atoms with Crippen molar-refractivity contribution in [2.75, 3.05) is 31.1 Å². The minimum absolute atomic E-state index is 0.132. The molecule has 152 valence electrons. The number of hydrogen-bond acceptors (Lipinski definition) is 4. The van der Waals surface area contributed by atoms with E-state index >= 15 is 0 Å². The molecule has 6 heteroatoms. The molecular weight excluding hydrogens is 386 g/mol. The number of imide groups is 1. The van der Waals surface area contributed by atoms with Crippen molar-refractivity contribution in [2.45, 2.75) is 32.9 Å². The van der Waals surface area contributed by atoms with Gasteiger partial charge in [-0.3, -0.25) is 19.4 Å². The summed E-state index contributed by atoms with van der Waals surface area (Å²) in [6.45, 7) is 8.23. The number of carbonyl (C=O) groups is 2. The van der Waals surface area contributed by atoms with Crippen LogP contribution in [0.1, 0.15) is 23.1 Å². The van der Waals surface area contributed by atoms with Crippen molar-refractivity contribution in [1.82, 2.24) is 9.80 Å². The lowest BCUT2D eigenvalue weighted by Gasteiger charge is -2.37. The summed E-state index contributed by atoms with van der Waals surface area (Å²) in [4.78, 5) is 31.7. The molecule has 4 rings (SSSR count). The van der Waals surface area contributed by atoms with E-state index in [9.17, 15) is 9.59 Å². The summed E-state index contributed by atoms with van der Waals surface area (Å²) in [5.74, 6) is -0.278. The molecule has 2 aliphatic heterocycles. The van der Waals surface area contributed by atoms with Gasteiger partial charge in [0.05, 0.1) is 18.2 Å². The fraction of sp³-hybridized carbons (Fsp3) is 0.391. The van der Waals surface area contributed by atoms with Crippen LogP contribution in [0.5, 0.6) is 0 Å². The van der Waals surface area contributed by atoms with E-state index < -0.39 is 0 Å². The zero-order chi connectivity index (χ0) is 20.5. The van der Waals surface area contributed by atoms with Gasteiger partial charge in [-0.1, -0.05) is 47.5 Å². The molecule has 0 aromatic heterocycles. The molecule has 5 nitrogen and oxygen atoms in total. The Labute approximate surface area is 176 Å². The number of halogens is 1. The van der Waals surface area contributed by atoms with Gasteiger partial charge in [-0.05, 0) is 37.1 Å². The van der Waals surface area contributed by atoms with Gasteiger partial charge in [-0.25, -0.2) is 4.90 Å². The normalized spacial score (nSPS) is 21.2. The molecule has 0 saturated carbocycles. The van der Waals surface area contributed by atoms with E-state index in [1.54, 1.807) is 18.2 Å². The van der Waals surface area contributed by atoms with Crippen molar-refractivity contribution < 1.29 is 9.59 Å². The average Bonchev–Trinajstić information content (AvgIpc) is 2.99. The van der Waals surface area contributed by atoms with E-state index in [0.29, 0.717) is 10.7 Å². The first kappa shape index (κ1) is 20.1. The molecule has 0 bridgehead atoms. The molecule has 2 aromatic rings. The number of nitrogens with zero attached hydrogens (tertiary/aromatic N) is 3. The van der Waals surface area contributed by atoms with Crippen molar-refractivity contribution in [2.24, 2.45) is 0 Å². The van der Waals surface area contributed by atoms with Crippen molar-refractivity contribution in [3.63, 3.8) is 0 Å². The zero-order valence-corrected chi connectivity index (χ0v) is 17.7. The third-order valence-corrected chi connectivity index (χ3v) is 6.35. The summed E-state index contributed by atoms with van der Waals surface area (Å²) in [6, 6.07) is 13.5. The average molecular weight is 412 g/mol. The molecule has 2 fully saturated rings. The van der Waals surface area contributed by atoms with Gasteiger partial charge in [-0.15, -0.1) is 0 Å². The highest BCUT2D eigenvalue weighted by atomic mass is 35.5. The molecule has 29 heavy (non-hydrogen) atoms. The maximum absolute atomic E-state index is 13.1. The van der Waals surface area contributed by atoms with E-state index in [0.717, 1.165) is 38.3 Å². The van der Waals surface area contributed by atoms with Gasteiger partial charge in [0.25, 0.3) is 5.91 Å². The summed E-state index contributed by atoms with van der Waals surface area (Å²) in [5.41, 5.74) is 3.95. The van der Waals surface area contributed by atoms with Crippen LogP contribution in [0.15, 0.2) is 42.5 Å². The molecule has 2 aliphatic rings. The summed E-state index contributed by atoms with van der Waals surface area (Å²) in [7, 11) is 0. The summed E-state index contributed by atoms with van der Waals surface area (Å²) >= 11 is 6.20. The molecule has 0 radical (unpaired) electrons. The van der Waals surface area contributed by atoms with Gasteiger partial charge in [0.2, 0.25) is 5.91 Å². The Bertz CT molecular complexity index is 937. The van der Waals surface area contributed by atoms with Crippen LogP contribution in [0.2, 0.25) is 5.02 Å². The van der Waals surface area contributed by atoms with Crippen molar-refractivity contribution in [3.8, 4) is 0 Å². The minimum Gasteiger partial charge on any atom is -0.297 e. The van der Waals surface area contributed by atoms with Crippen LogP contribution in [0.25, 0.3) is 0 Å². The Morgan fingerprint density at radius 2 is 1.72 bits per heavy atom. The lowest BCUT2D eigenvalue weighted by atomic mass is 10.1. The number of amides is 2. The molecule has 2 heterocycles. The standard InChI is InChI=1S/C23H26ClN3O2/c1-16-5-3-6-18(13-16)15-25-9-11-26(12-10-25)21-14-22(28)27(23(21)29)20-8-4-7-19(24)17(20)2/h3-8,13,21H,9-12,14-15H2,1-2H3/t21-/m0/s1. The van der Waals surface area contributed by atoms with Gasteiger partial charge in [0, 0.05) is 37.7 Å². The lowest BCUT2D eigenvalue weighted by molar-refractivity contribution is -0.123. The first-order valence-electron chi connectivity index (χ1n) is 10.1. The third-order valence-electron chi connectivity index (χ3n) is 5.94. The number of aryl methyl sites for hydroxylation is 1. The molecule has 0 N–H and O–H groups in total. The quantitative estimate of drug-likeness (QED) is 0.723. The highest BCUT2D eigenvalue weighted by Crippen LogP contribution is 2.32. The minimum atomic E-state index is -0.373. The highest BCUT2D eigenvalue weighted by Gasteiger charge is 2.43. The molecule has 0 spiro atoms. The van der Waals surface area contributed by atoms with Crippen LogP contribution < -0.4 is 4.90 Å². The highest BCUT2D eigenvalue weighted by molar-refractivity contribution is 6.32. The Balaban J connectivity index is 1.41. The van der Waals surface area contributed by atoms with E-state index in [2.05, 4.69) is 41.0 Å². The fourth-order valence-electron chi connectivity index (χ4n) is 4.29. The summed E-state index contributed by atoms with van der Waals surface area (Å²) in [6.07, 6.45) is 0.239. The number of rotatable bonds is 4. The molecule has 0 unspecified atom stereocenters. The molecule has 2 amide bonds. The first-order valence-corrected chi connectivity index (χ1v) is 10.5. The first-order chi connectivity index (χ1) is 13.9. The van der Waals surface area contributed by atoms with Crippen LogP contribution in [0.3, 0.4) is 0 Å². The van der Waals surface area contributed by atoms with Crippen LogP contribution in [-0.4, -0.2) is 53.8 Å². The molecular formula is C23H26ClN3O2. The Hall–Kier alpha value is -2.21. The Morgan fingerprint density at radius 1 is 1.00 bits per heavy atom. The Morgan fingerprint density at radius 3 is 2.45 bits per heavy atom. The maximum atomic E-state index is 13.1. The molecule has 0 aliphatic carbocycles. The van der Waals surface area contributed by atoms with Crippen LogP contribution in [-0.2, 0) is 16.1 Å². The number of carbonyl (C=O) groups excluding carboxylic acids is 2. The number of piperazine rings is 1. The van der Waals surface area contributed by atoms with Crippen molar-refractivity contribution in [3.05, 3.63) is 64.2 Å². The van der Waals surface area contributed by atoms with Gasteiger partial charge >= 0.3 is 0 Å². The SMILES string of the molecule is Cc1cccc(CN2CCN([C@H]3CC(=O)N(c4cccc(Cl)c4C)C3=O)CC2)c1. The van der Waals surface area contributed by atoms with Crippen LogP contribution >= 0.6 is 11.6 Å². The lowest BCUT2D eigenvalue weighted by Crippen LogP contribution is -2.52. The largest absolute Gasteiger partial charge is 0.297 e. The monoisotopic (exact) mass is 411 g/mol. The maximum Gasteiger partial charge on any atom is 0.251 e. The topological polar surface area (TPSA) is 43.9 Å². The fourth-order valence-corrected chi connectivity index (χ4v) is 4.46. The number of anilines is 1. The Kier molecular flexibility index (Phi) is 5.72. The van der Waals surface area contributed by atoms with Crippen LogP contribution in [0, 0.1) is 13.8 Å². The van der Waals surface area contributed by atoms with E-state index in [1.165, 1.54) is 16.0 Å². The number of hydrogen-bond donors (Lipinski definition) is 0. The second kappa shape index (κ2) is 8.27. The predicted molar refractivity (Wildman–Crippen MR) is 115 cm³/mol. The summed E-state index contributed by atoms with van der Waals surface area (Å²) < 4.78 is 0. The van der Waals surface area contributed by atoms with E-state index in [1.807, 2.05) is 6.92 Å². The second-order valence-electron chi connectivity index (χ2n) is 7.97. The number of benzene rings is 2. The van der Waals surface area contributed by atoms with Gasteiger partial charge in [-0.2, -0.15) is 0 Å².